The Labute approximate surface area is 281 Å². The van der Waals surface area contributed by atoms with E-state index in [1.165, 1.54) is 108 Å². The Bertz CT molecular complexity index is 1020. The van der Waals surface area contributed by atoms with E-state index in [4.69, 9.17) is 23.7 Å². The largest absolute Gasteiger partial charge is 0.494 e. The van der Waals surface area contributed by atoms with E-state index in [1.807, 2.05) is 12.1 Å². The molecule has 2 aliphatic heterocycles. The van der Waals surface area contributed by atoms with Crippen LogP contribution in [-0.2, 0) is 14.2 Å². The molecule has 258 valence electrons. The highest BCUT2D eigenvalue weighted by molar-refractivity contribution is 5.29. The first kappa shape index (κ1) is 36.8. The third kappa shape index (κ3) is 13.6. The minimum atomic E-state index is -0.352. The lowest BCUT2D eigenvalue weighted by Gasteiger charge is -2.42. The Kier molecular flexibility index (Phi) is 18.0. The molecular formula is C41H64O5. The summed E-state index contributed by atoms with van der Waals surface area (Å²) in [5, 5.41) is 0. The number of unbranched alkanes of at least 4 members (excludes halogenated alkanes) is 16. The van der Waals surface area contributed by atoms with Crippen molar-refractivity contribution >= 4 is 0 Å². The molecular weight excluding hydrogens is 572 g/mol. The monoisotopic (exact) mass is 636 g/mol. The summed E-state index contributed by atoms with van der Waals surface area (Å²) in [7, 11) is 0. The topological polar surface area (TPSA) is 46.2 Å². The molecule has 0 N–H and O–H groups in total. The average molecular weight is 637 g/mol. The molecule has 0 saturated carbocycles. The fourth-order valence-electron chi connectivity index (χ4n) is 6.68. The van der Waals surface area contributed by atoms with Gasteiger partial charge in [-0.2, -0.15) is 0 Å². The van der Waals surface area contributed by atoms with Gasteiger partial charge in [0.05, 0.1) is 32.0 Å². The standard InChI is InChI=1S/C41H64O5/c1-3-5-7-9-11-13-14-16-18-20-32-43-37-27-23-35(24-28-37)41-44-33-40-39(46-41)30-29-38(45-40)34-21-25-36(26-22-34)42-31-19-17-15-12-10-8-6-4-2/h21-28,38-41H,3-20,29-33H2,1-2H3/t38-,39+,40-,41-/m1/s1. The molecule has 2 heterocycles. The third-order valence-electron chi connectivity index (χ3n) is 9.61. The van der Waals surface area contributed by atoms with E-state index in [1.54, 1.807) is 0 Å². The Morgan fingerprint density at radius 1 is 0.500 bits per heavy atom. The molecule has 0 spiro atoms. The van der Waals surface area contributed by atoms with E-state index in [9.17, 15) is 0 Å². The molecule has 5 heteroatoms. The van der Waals surface area contributed by atoms with Crippen LogP contribution < -0.4 is 9.47 Å². The maximum Gasteiger partial charge on any atom is 0.184 e. The molecule has 4 atom stereocenters. The van der Waals surface area contributed by atoms with Crippen molar-refractivity contribution in [1.82, 2.24) is 0 Å². The van der Waals surface area contributed by atoms with Gasteiger partial charge in [0.2, 0.25) is 0 Å². The Morgan fingerprint density at radius 2 is 0.957 bits per heavy atom. The molecule has 2 aromatic rings. The number of benzene rings is 2. The lowest BCUT2D eigenvalue weighted by molar-refractivity contribution is -0.289. The molecule has 2 aromatic carbocycles. The third-order valence-corrected chi connectivity index (χ3v) is 9.61. The number of ether oxygens (including phenoxy) is 5. The summed E-state index contributed by atoms with van der Waals surface area (Å²) in [6.45, 7) is 6.67. The lowest BCUT2D eigenvalue weighted by Crippen LogP contribution is -2.45. The van der Waals surface area contributed by atoms with Crippen LogP contribution in [-0.4, -0.2) is 32.0 Å². The summed E-state index contributed by atoms with van der Waals surface area (Å²) in [5.41, 5.74) is 2.24. The molecule has 2 fully saturated rings. The van der Waals surface area contributed by atoms with Crippen LogP contribution in [0.5, 0.6) is 11.5 Å². The van der Waals surface area contributed by atoms with Gasteiger partial charge in [-0.3, -0.25) is 0 Å². The molecule has 46 heavy (non-hydrogen) atoms. The fraction of sp³-hybridized carbons (Fsp3) is 0.707. The zero-order valence-corrected chi connectivity index (χ0v) is 29.2. The van der Waals surface area contributed by atoms with E-state index >= 15 is 0 Å². The van der Waals surface area contributed by atoms with Crippen molar-refractivity contribution in [2.75, 3.05) is 19.8 Å². The molecule has 0 unspecified atom stereocenters. The highest BCUT2D eigenvalue weighted by Gasteiger charge is 2.38. The predicted molar refractivity (Wildman–Crippen MR) is 189 cm³/mol. The second-order valence-corrected chi connectivity index (χ2v) is 13.6. The molecule has 0 bridgehead atoms. The van der Waals surface area contributed by atoms with Crippen molar-refractivity contribution in [3.8, 4) is 11.5 Å². The Morgan fingerprint density at radius 3 is 1.46 bits per heavy atom. The minimum Gasteiger partial charge on any atom is -0.494 e. The predicted octanol–water partition coefficient (Wildman–Crippen LogP) is 11.8. The normalized spacial score (nSPS) is 21.2. The number of hydrogen-bond donors (Lipinski definition) is 0. The maximum atomic E-state index is 6.47. The molecule has 0 amide bonds. The summed E-state index contributed by atoms with van der Waals surface area (Å²) < 4.78 is 31.0. The van der Waals surface area contributed by atoms with Crippen LogP contribution in [0, 0.1) is 0 Å². The highest BCUT2D eigenvalue weighted by atomic mass is 16.7. The van der Waals surface area contributed by atoms with Gasteiger partial charge in [-0.1, -0.05) is 141 Å². The van der Waals surface area contributed by atoms with E-state index in [0.717, 1.165) is 56.0 Å². The van der Waals surface area contributed by atoms with Crippen molar-refractivity contribution in [3.63, 3.8) is 0 Å². The van der Waals surface area contributed by atoms with E-state index in [2.05, 4.69) is 50.2 Å². The first-order valence-electron chi connectivity index (χ1n) is 19.1. The first-order valence-corrected chi connectivity index (χ1v) is 19.1. The molecule has 0 aromatic heterocycles. The van der Waals surface area contributed by atoms with Crippen LogP contribution >= 0.6 is 0 Å². The quantitative estimate of drug-likeness (QED) is 0.107. The van der Waals surface area contributed by atoms with Crippen LogP contribution in [0.25, 0.3) is 0 Å². The molecule has 4 rings (SSSR count). The van der Waals surface area contributed by atoms with Gasteiger partial charge in [-0.25, -0.2) is 0 Å². The van der Waals surface area contributed by atoms with Gasteiger partial charge in [-0.15, -0.1) is 0 Å². The van der Waals surface area contributed by atoms with Crippen molar-refractivity contribution in [3.05, 3.63) is 59.7 Å². The lowest BCUT2D eigenvalue weighted by atomic mass is 9.95. The van der Waals surface area contributed by atoms with E-state index < -0.39 is 0 Å². The van der Waals surface area contributed by atoms with Crippen LogP contribution in [0.15, 0.2) is 48.5 Å². The number of hydrogen-bond acceptors (Lipinski definition) is 5. The first-order chi connectivity index (χ1) is 22.8. The van der Waals surface area contributed by atoms with Crippen molar-refractivity contribution in [1.29, 1.82) is 0 Å². The summed E-state index contributed by atoms with van der Waals surface area (Å²) in [6.07, 6.45) is 25.5. The second-order valence-electron chi connectivity index (χ2n) is 13.6. The summed E-state index contributed by atoms with van der Waals surface area (Å²) in [4.78, 5) is 0. The number of fused-ring (bicyclic) bond motifs is 1. The minimum absolute atomic E-state index is 0.0448. The highest BCUT2D eigenvalue weighted by Crippen LogP contribution is 2.39. The van der Waals surface area contributed by atoms with Crippen LogP contribution in [0.2, 0.25) is 0 Å². The summed E-state index contributed by atoms with van der Waals surface area (Å²) in [6, 6.07) is 16.7. The van der Waals surface area contributed by atoms with Gasteiger partial charge in [0, 0.05) is 5.56 Å². The molecule has 2 saturated heterocycles. The smallest absolute Gasteiger partial charge is 0.184 e. The van der Waals surface area contributed by atoms with Crippen LogP contribution in [0.4, 0.5) is 0 Å². The summed E-state index contributed by atoms with van der Waals surface area (Å²) in [5.74, 6) is 1.87. The summed E-state index contributed by atoms with van der Waals surface area (Å²) >= 11 is 0. The van der Waals surface area contributed by atoms with E-state index in [0.29, 0.717) is 6.61 Å². The van der Waals surface area contributed by atoms with Crippen molar-refractivity contribution in [2.45, 2.75) is 167 Å². The van der Waals surface area contributed by atoms with Crippen LogP contribution in [0.1, 0.15) is 166 Å². The molecule has 0 radical (unpaired) electrons. The SMILES string of the molecule is CCCCCCCCCCCCOc1ccc([C@@H]2OC[C@H]3O[C@@H](c4ccc(OCCCCCCCCCC)cc4)CC[C@@H]3O2)cc1. The Hall–Kier alpha value is -2.08. The zero-order chi connectivity index (χ0) is 32.1. The van der Waals surface area contributed by atoms with Gasteiger partial charge in [-0.05, 0) is 55.5 Å². The molecule has 2 aliphatic rings. The van der Waals surface area contributed by atoms with Gasteiger partial charge >= 0.3 is 0 Å². The van der Waals surface area contributed by atoms with Crippen molar-refractivity contribution < 1.29 is 23.7 Å². The van der Waals surface area contributed by atoms with Gasteiger partial charge < -0.3 is 23.7 Å². The number of rotatable bonds is 24. The van der Waals surface area contributed by atoms with Gasteiger partial charge in [0.15, 0.2) is 6.29 Å². The fourth-order valence-corrected chi connectivity index (χ4v) is 6.68. The van der Waals surface area contributed by atoms with Gasteiger partial charge in [0.1, 0.15) is 17.6 Å². The second kappa shape index (κ2) is 22.5. The maximum absolute atomic E-state index is 6.47. The van der Waals surface area contributed by atoms with Crippen molar-refractivity contribution in [2.24, 2.45) is 0 Å². The zero-order valence-electron chi connectivity index (χ0n) is 29.2. The van der Waals surface area contributed by atoms with Gasteiger partial charge in [0.25, 0.3) is 0 Å². The van der Waals surface area contributed by atoms with Crippen LogP contribution in [0.3, 0.4) is 0 Å². The molecule has 0 aliphatic carbocycles. The average Bonchev–Trinajstić information content (AvgIpc) is 3.10. The molecule has 5 nitrogen and oxygen atoms in total. The Balaban J connectivity index is 1.07. The van der Waals surface area contributed by atoms with E-state index in [-0.39, 0.29) is 24.6 Å².